The number of hydrogen-bond donors (Lipinski definition) is 0. The molecule has 0 bridgehead atoms. The number of ether oxygens (including phenoxy) is 1. The van der Waals surface area contributed by atoms with E-state index in [0.29, 0.717) is 5.56 Å². The molecule has 1 aromatic rings. The molecular weight excluding hydrogens is 240 g/mol. The highest BCUT2D eigenvalue weighted by Gasteiger charge is 2.55. The van der Waals surface area contributed by atoms with Crippen molar-refractivity contribution >= 4 is 11.8 Å². The highest BCUT2D eigenvalue weighted by molar-refractivity contribution is 5.98. The van der Waals surface area contributed by atoms with Gasteiger partial charge in [0.1, 0.15) is 0 Å². The molecule has 3 heteroatoms. The van der Waals surface area contributed by atoms with E-state index in [0.717, 1.165) is 32.1 Å². The molecule has 2 aliphatic carbocycles. The first kappa shape index (κ1) is 12.4. The average molecular weight is 258 g/mol. The maximum atomic E-state index is 12.1. The Morgan fingerprint density at radius 3 is 2.58 bits per heavy atom. The molecular formula is C16H18O3. The minimum Gasteiger partial charge on any atom is -0.457 e. The average Bonchev–Trinajstić information content (AvgIpc) is 3.08. The van der Waals surface area contributed by atoms with Crippen molar-refractivity contribution in [3.8, 4) is 0 Å². The van der Waals surface area contributed by atoms with Crippen molar-refractivity contribution in [2.24, 2.45) is 11.3 Å². The summed E-state index contributed by atoms with van der Waals surface area (Å²) < 4.78 is 5.23. The number of benzene rings is 1. The largest absolute Gasteiger partial charge is 0.457 e. The predicted octanol–water partition coefficient (Wildman–Crippen LogP) is 2.99. The lowest BCUT2D eigenvalue weighted by atomic mass is 9.93. The molecule has 1 spiro atoms. The predicted molar refractivity (Wildman–Crippen MR) is 70.7 cm³/mol. The van der Waals surface area contributed by atoms with Gasteiger partial charge in [-0.25, -0.2) is 0 Å². The Morgan fingerprint density at radius 2 is 1.89 bits per heavy atom. The van der Waals surface area contributed by atoms with E-state index in [1.165, 1.54) is 0 Å². The summed E-state index contributed by atoms with van der Waals surface area (Å²) in [6.07, 6.45) is 5.50. The molecule has 0 heterocycles. The van der Waals surface area contributed by atoms with Gasteiger partial charge < -0.3 is 4.74 Å². The van der Waals surface area contributed by atoms with E-state index in [4.69, 9.17) is 4.74 Å². The third kappa shape index (κ3) is 2.42. The van der Waals surface area contributed by atoms with Crippen molar-refractivity contribution in [3.63, 3.8) is 0 Å². The van der Waals surface area contributed by atoms with Gasteiger partial charge in [0.05, 0.1) is 5.92 Å². The zero-order valence-electron chi connectivity index (χ0n) is 10.9. The third-order valence-electron chi connectivity index (χ3n) is 4.52. The van der Waals surface area contributed by atoms with Crippen molar-refractivity contribution in [2.75, 3.05) is 6.61 Å². The smallest absolute Gasteiger partial charge is 0.309 e. The molecule has 19 heavy (non-hydrogen) atoms. The summed E-state index contributed by atoms with van der Waals surface area (Å²) in [5, 5.41) is 0. The zero-order valence-corrected chi connectivity index (χ0v) is 10.9. The quantitative estimate of drug-likeness (QED) is 0.616. The second-order valence-corrected chi connectivity index (χ2v) is 5.70. The van der Waals surface area contributed by atoms with E-state index in [1.807, 2.05) is 18.2 Å². The van der Waals surface area contributed by atoms with Gasteiger partial charge in [0.2, 0.25) is 0 Å². The van der Waals surface area contributed by atoms with Crippen LogP contribution in [0, 0.1) is 11.3 Å². The van der Waals surface area contributed by atoms with Gasteiger partial charge in [0, 0.05) is 5.56 Å². The van der Waals surface area contributed by atoms with Crippen molar-refractivity contribution in [2.45, 2.75) is 32.1 Å². The maximum absolute atomic E-state index is 12.1. The van der Waals surface area contributed by atoms with E-state index in [1.54, 1.807) is 12.1 Å². The van der Waals surface area contributed by atoms with Gasteiger partial charge in [-0.2, -0.15) is 0 Å². The van der Waals surface area contributed by atoms with Crippen LogP contribution in [0.25, 0.3) is 0 Å². The molecule has 3 nitrogen and oxygen atoms in total. The van der Waals surface area contributed by atoms with Crippen LogP contribution in [0.5, 0.6) is 0 Å². The van der Waals surface area contributed by atoms with E-state index in [2.05, 4.69) is 0 Å². The second-order valence-electron chi connectivity index (χ2n) is 5.70. The van der Waals surface area contributed by atoms with E-state index in [9.17, 15) is 9.59 Å². The Bertz CT molecular complexity index is 488. The highest BCUT2D eigenvalue weighted by Crippen LogP contribution is 2.61. The van der Waals surface area contributed by atoms with Crippen LogP contribution in [0.15, 0.2) is 30.3 Å². The molecule has 3 rings (SSSR count). The van der Waals surface area contributed by atoms with Crippen molar-refractivity contribution < 1.29 is 14.3 Å². The normalized spacial score (nSPS) is 23.3. The van der Waals surface area contributed by atoms with Crippen molar-refractivity contribution in [3.05, 3.63) is 35.9 Å². The number of carbonyl (C=O) groups is 2. The summed E-state index contributed by atoms with van der Waals surface area (Å²) in [7, 11) is 0. The Kier molecular flexibility index (Phi) is 3.13. The Balaban J connectivity index is 1.55. The van der Waals surface area contributed by atoms with Gasteiger partial charge in [0.25, 0.3) is 0 Å². The van der Waals surface area contributed by atoms with Crippen LogP contribution in [-0.4, -0.2) is 18.4 Å². The lowest BCUT2D eigenvalue weighted by molar-refractivity contribution is -0.149. The SMILES string of the molecule is O=C(COC(=O)[C@@H]1CCCC12CC2)c1ccccc1. The first-order valence-electron chi connectivity index (χ1n) is 6.96. The van der Waals surface area contributed by atoms with Crippen molar-refractivity contribution in [1.29, 1.82) is 0 Å². The molecule has 0 amide bonds. The minimum atomic E-state index is -0.167. The summed E-state index contributed by atoms with van der Waals surface area (Å²) in [6, 6.07) is 8.97. The number of hydrogen-bond acceptors (Lipinski definition) is 3. The molecule has 100 valence electrons. The first-order chi connectivity index (χ1) is 9.21. The molecule has 1 atom stereocenters. The van der Waals surface area contributed by atoms with Gasteiger partial charge in [-0.15, -0.1) is 0 Å². The van der Waals surface area contributed by atoms with Crippen LogP contribution in [-0.2, 0) is 9.53 Å². The molecule has 0 aromatic heterocycles. The van der Waals surface area contributed by atoms with Gasteiger partial charge >= 0.3 is 5.97 Å². The van der Waals surface area contributed by atoms with Crippen LogP contribution >= 0.6 is 0 Å². The Labute approximate surface area is 113 Å². The number of esters is 1. The number of carbonyl (C=O) groups excluding carboxylic acids is 2. The fourth-order valence-corrected chi connectivity index (χ4v) is 3.21. The van der Waals surface area contributed by atoms with Crippen LogP contribution in [0.3, 0.4) is 0 Å². The van der Waals surface area contributed by atoms with Crippen LogP contribution in [0.1, 0.15) is 42.5 Å². The molecule has 0 aliphatic heterocycles. The Hall–Kier alpha value is -1.64. The van der Waals surface area contributed by atoms with Crippen LogP contribution in [0.2, 0.25) is 0 Å². The number of rotatable bonds is 4. The molecule has 0 radical (unpaired) electrons. The van der Waals surface area contributed by atoms with Gasteiger partial charge in [-0.05, 0) is 31.1 Å². The van der Waals surface area contributed by atoms with Crippen LogP contribution < -0.4 is 0 Å². The highest BCUT2D eigenvalue weighted by atomic mass is 16.5. The molecule has 2 saturated carbocycles. The number of ketones is 1. The third-order valence-corrected chi connectivity index (χ3v) is 4.52. The lowest BCUT2D eigenvalue weighted by Crippen LogP contribution is -2.25. The fourth-order valence-electron chi connectivity index (χ4n) is 3.21. The summed E-state index contributed by atoms with van der Waals surface area (Å²) in [4.78, 5) is 23.9. The summed E-state index contributed by atoms with van der Waals surface area (Å²) in [5.74, 6) is -0.257. The van der Waals surface area contributed by atoms with E-state index in [-0.39, 0.29) is 29.7 Å². The standard InChI is InChI=1S/C16H18O3/c17-14(12-5-2-1-3-6-12)11-19-15(18)13-7-4-8-16(13)9-10-16/h1-3,5-6,13H,4,7-11H2/t13-/m0/s1. The topological polar surface area (TPSA) is 43.4 Å². The van der Waals surface area contributed by atoms with Gasteiger partial charge in [-0.3, -0.25) is 9.59 Å². The molecule has 0 saturated heterocycles. The fraction of sp³-hybridized carbons (Fsp3) is 0.500. The molecule has 2 fully saturated rings. The monoisotopic (exact) mass is 258 g/mol. The van der Waals surface area contributed by atoms with E-state index >= 15 is 0 Å². The second kappa shape index (κ2) is 4.80. The van der Waals surface area contributed by atoms with Gasteiger partial charge in [-0.1, -0.05) is 36.8 Å². The van der Waals surface area contributed by atoms with Crippen LogP contribution in [0.4, 0.5) is 0 Å². The molecule has 0 unspecified atom stereocenters. The summed E-state index contributed by atoms with van der Waals surface area (Å²) in [6.45, 7) is -0.130. The summed E-state index contributed by atoms with van der Waals surface area (Å²) in [5.41, 5.74) is 0.843. The van der Waals surface area contributed by atoms with E-state index < -0.39 is 0 Å². The lowest BCUT2D eigenvalue weighted by Gasteiger charge is -2.16. The minimum absolute atomic E-state index is 0.0380. The van der Waals surface area contributed by atoms with Gasteiger partial charge in [0.15, 0.2) is 12.4 Å². The zero-order chi connectivity index (χ0) is 13.3. The molecule has 0 N–H and O–H groups in total. The number of Topliss-reactive ketones (excluding diaryl/α,β-unsaturated/α-hetero) is 1. The maximum Gasteiger partial charge on any atom is 0.309 e. The molecule has 1 aromatic carbocycles. The molecule has 2 aliphatic rings. The first-order valence-corrected chi connectivity index (χ1v) is 6.96. The summed E-state index contributed by atoms with van der Waals surface area (Å²) >= 11 is 0. The Morgan fingerprint density at radius 1 is 1.16 bits per heavy atom. The van der Waals surface area contributed by atoms with Crippen molar-refractivity contribution in [1.82, 2.24) is 0 Å².